The van der Waals surface area contributed by atoms with E-state index in [1.165, 1.54) is 6.07 Å². The van der Waals surface area contributed by atoms with Crippen molar-refractivity contribution in [1.82, 2.24) is 0 Å². The zero-order chi connectivity index (χ0) is 19.7. The van der Waals surface area contributed by atoms with E-state index >= 15 is 0 Å². The van der Waals surface area contributed by atoms with Crippen molar-refractivity contribution in [3.05, 3.63) is 81.2 Å². The third kappa shape index (κ3) is 4.03. The SMILES string of the molecule is CCCc1cc(F)c(-c2cc(F)c(Cc3cc(F)c(F)c(F)c3)c(F)c2)s1. The zero-order valence-electron chi connectivity index (χ0n) is 14.2. The van der Waals surface area contributed by atoms with Gasteiger partial charge in [-0.1, -0.05) is 13.3 Å². The highest BCUT2D eigenvalue weighted by Gasteiger charge is 2.18. The molecule has 0 atom stereocenters. The molecule has 1 heterocycles. The van der Waals surface area contributed by atoms with Crippen LogP contribution in [0.5, 0.6) is 0 Å². The van der Waals surface area contributed by atoms with Crippen molar-refractivity contribution >= 4 is 11.3 Å². The van der Waals surface area contributed by atoms with E-state index in [1.54, 1.807) is 0 Å². The average Bonchev–Trinajstić information content (AvgIpc) is 2.96. The third-order valence-corrected chi connectivity index (χ3v) is 5.28. The number of benzene rings is 2. The summed E-state index contributed by atoms with van der Waals surface area (Å²) in [7, 11) is 0. The molecule has 0 aliphatic heterocycles. The molecule has 0 saturated heterocycles. The van der Waals surface area contributed by atoms with Crippen LogP contribution in [0.1, 0.15) is 29.3 Å². The molecule has 0 saturated carbocycles. The monoisotopic (exact) mass is 400 g/mol. The van der Waals surface area contributed by atoms with Crippen LogP contribution >= 0.6 is 11.3 Å². The summed E-state index contributed by atoms with van der Waals surface area (Å²) in [5.74, 6) is -7.03. The van der Waals surface area contributed by atoms with E-state index in [-0.39, 0.29) is 16.0 Å². The highest BCUT2D eigenvalue weighted by molar-refractivity contribution is 7.15. The first-order valence-electron chi connectivity index (χ1n) is 8.20. The minimum Gasteiger partial charge on any atom is -0.207 e. The van der Waals surface area contributed by atoms with Crippen molar-refractivity contribution in [2.45, 2.75) is 26.2 Å². The van der Waals surface area contributed by atoms with Gasteiger partial charge >= 0.3 is 0 Å². The molecule has 0 radical (unpaired) electrons. The summed E-state index contributed by atoms with van der Waals surface area (Å²) in [6.45, 7) is 1.94. The second-order valence-electron chi connectivity index (χ2n) is 6.11. The van der Waals surface area contributed by atoms with Gasteiger partial charge in [-0.15, -0.1) is 11.3 Å². The van der Waals surface area contributed by atoms with Crippen LogP contribution in [-0.2, 0) is 12.8 Å². The Hall–Kier alpha value is -2.28. The van der Waals surface area contributed by atoms with Crippen molar-refractivity contribution in [1.29, 1.82) is 0 Å². The molecule has 0 aliphatic rings. The molecule has 0 nitrogen and oxygen atoms in total. The Morgan fingerprint density at radius 1 is 0.741 bits per heavy atom. The van der Waals surface area contributed by atoms with Crippen molar-refractivity contribution in [3.63, 3.8) is 0 Å². The van der Waals surface area contributed by atoms with Crippen LogP contribution in [0.2, 0.25) is 0 Å². The Balaban J connectivity index is 1.96. The highest BCUT2D eigenvalue weighted by Crippen LogP contribution is 2.34. The normalized spacial score (nSPS) is 11.2. The number of aryl methyl sites for hydroxylation is 1. The van der Waals surface area contributed by atoms with E-state index in [0.717, 1.165) is 34.8 Å². The van der Waals surface area contributed by atoms with Gasteiger partial charge in [0.2, 0.25) is 0 Å². The summed E-state index contributed by atoms with van der Waals surface area (Å²) in [6, 6.07) is 4.68. The molecule has 142 valence electrons. The molecule has 27 heavy (non-hydrogen) atoms. The smallest absolute Gasteiger partial charge is 0.194 e. The van der Waals surface area contributed by atoms with E-state index in [0.29, 0.717) is 18.6 Å². The quantitative estimate of drug-likeness (QED) is 0.327. The minimum atomic E-state index is -1.65. The Bertz CT molecular complexity index is 946. The minimum absolute atomic E-state index is 0.0510. The van der Waals surface area contributed by atoms with Crippen LogP contribution in [0.4, 0.5) is 26.3 Å². The first-order chi connectivity index (χ1) is 12.8. The van der Waals surface area contributed by atoms with Crippen molar-refractivity contribution in [2.75, 3.05) is 0 Å². The molecule has 0 spiro atoms. The van der Waals surface area contributed by atoms with Gasteiger partial charge in [0.25, 0.3) is 0 Å². The fourth-order valence-electron chi connectivity index (χ4n) is 2.80. The molecule has 0 aliphatic carbocycles. The second-order valence-corrected chi connectivity index (χ2v) is 7.25. The number of thiophene rings is 1. The third-order valence-electron chi connectivity index (χ3n) is 4.06. The van der Waals surface area contributed by atoms with Crippen LogP contribution in [0, 0.1) is 34.9 Å². The Labute approximate surface area is 156 Å². The molecule has 0 unspecified atom stereocenters. The molecular formula is C20H14F6S. The summed E-state index contributed by atoms with van der Waals surface area (Å²) in [4.78, 5) is 0.897. The van der Waals surface area contributed by atoms with Crippen molar-refractivity contribution in [3.8, 4) is 10.4 Å². The van der Waals surface area contributed by atoms with Crippen LogP contribution in [0.3, 0.4) is 0 Å². The van der Waals surface area contributed by atoms with Crippen LogP contribution in [0.25, 0.3) is 10.4 Å². The van der Waals surface area contributed by atoms with E-state index in [2.05, 4.69) is 0 Å². The zero-order valence-corrected chi connectivity index (χ0v) is 15.0. The summed E-state index contributed by atoms with van der Waals surface area (Å²) in [5.41, 5.74) is -0.505. The number of hydrogen-bond donors (Lipinski definition) is 0. The first kappa shape index (κ1) is 19.5. The summed E-state index contributed by atoms with van der Waals surface area (Å²) in [5, 5.41) is 0. The molecule has 0 amide bonds. The molecule has 1 aromatic heterocycles. The summed E-state index contributed by atoms with van der Waals surface area (Å²) < 4.78 is 82.6. The topological polar surface area (TPSA) is 0 Å². The second kappa shape index (κ2) is 7.76. The van der Waals surface area contributed by atoms with Crippen LogP contribution in [-0.4, -0.2) is 0 Å². The predicted octanol–water partition coefficient (Wildman–Crippen LogP) is 6.79. The van der Waals surface area contributed by atoms with E-state index in [4.69, 9.17) is 0 Å². The maximum absolute atomic E-state index is 14.4. The summed E-state index contributed by atoms with van der Waals surface area (Å²) in [6.07, 6.45) is 0.998. The van der Waals surface area contributed by atoms with Gasteiger partial charge in [0.15, 0.2) is 17.5 Å². The lowest BCUT2D eigenvalue weighted by atomic mass is 10.0. The highest BCUT2D eigenvalue weighted by atomic mass is 32.1. The lowest BCUT2D eigenvalue weighted by molar-refractivity contribution is 0.445. The number of hydrogen-bond acceptors (Lipinski definition) is 1. The Morgan fingerprint density at radius 2 is 1.33 bits per heavy atom. The fourth-order valence-corrected chi connectivity index (χ4v) is 3.92. The van der Waals surface area contributed by atoms with Gasteiger partial charge in [0, 0.05) is 22.4 Å². The van der Waals surface area contributed by atoms with Gasteiger partial charge < -0.3 is 0 Å². The lowest BCUT2D eigenvalue weighted by Gasteiger charge is -2.09. The standard InChI is InChI=1S/C20H14F6S/c1-2-3-12-9-18(25)20(27-12)11-7-14(21)13(15(22)8-11)4-10-5-16(23)19(26)17(24)6-10/h5-9H,2-4H2,1H3. The molecule has 0 bridgehead atoms. The van der Waals surface area contributed by atoms with Gasteiger partial charge in [-0.25, -0.2) is 26.3 Å². The molecular weight excluding hydrogens is 386 g/mol. The van der Waals surface area contributed by atoms with Gasteiger partial charge in [0.05, 0.1) is 4.88 Å². The van der Waals surface area contributed by atoms with E-state index < -0.39 is 46.9 Å². The van der Waals surface area contributed by atoms with E-state index in [9.17, 15) is 26.3 Å². The Morgan fingerprint density at radius 3 is 1.89 bits per heavy atom. The number of rotatable bonds is 5. The van der Waals surface area contributed by atoms with Gasteiger partial charge in [0.1, 0.15) is 17.5 Å². The lowest BCUT2D eigenvalue weighted by Crippen LogP contribution is -2.01. The van der Waals surface area contributed by atoms with Gasteiger partial charge in [-0.2, -0.15) is 0 Å². The van der Waals surface area contributed by atoms with Crippen molar-refractivity contribution < 1.29 is 26.3 Å². The van der Waals surface area contributed by atoms with Gasteiger partial charge in [-0.05, 0) is 42.3 Å². The molecule has 2 aromatic carbocycles. The first-order valence-corrected chi connectivity index (χ1v) is 9.01. The predicted molar refractivity (Wildman–Crippen MR) is 92.7 cm³/mol. The Kier molecular flexibility index (Phi) is 5.60. The molecule has 0 N–H and O–H groups in total. The molecule has 3 aromatic rings. The summed E-state index contributed by atoms with van der Waals surface area (Å²) >= 11 is 1.12. The molecule has 3 rings (SSSR count). The van der Waals surface area contributed by atoms with Crippen LogP contribution in [0.15, 0.2) is 30.3 Å². The molecule has 7 heteroatoms. The average molecular weight is 400 g/mol. The fraction of sp³-hybridized carbons (Fsp3) is 0.200. The van der Waals surface area contributed by atoms with Gasteiger partial charge in [-0.3, -0.25) is 0 Å². The van der Waals surface area contributed by atoms with Crippen molar-refractivity contribution in [2.24, 2.45) is 0 Å². The maximum atomic E-state index is 14.4. The number of halogens is 6. The largest absolute Gasteiger partial charge is 0.207 e. The van der Waals surface area contributed by atoms with Crippen LogP contribution < -0.4 is 0 Å². The maximum Gasteiger partial charge on any atom is 0.194 e. The van der Waals surface area contributed by atoms with E-state index in [1.807, 2.05) is 6.92 Å². The molecule has 0 fully saturated rings.